The van der Waals surface area contributed by atoms with E-state index in [1.165, 1.54) is 12.1 Å². The zero-order valence-electron chi connectivity index (χ0n) is 18.8. The van der Waals surface area contributed by atoms with Crippen LogP contribution in [0.2, 0.25) is 0 Å². The van der Waals surface area contributed by atoms with Gasteiger partial charge in [-0.1, -0.05) is 38.1 Å². The molecule has 2 amide bonds. The number of benzene rings is 2. The van der Waals surface area contributed by atoms with E-state index in [1.54, 1.807) is 38.1 Å². The molecule has 2 aromatic rings. The Morgan fingerprint density at radius 2 is 1.69 bits per heavy atom. The summed E-state index contributed by atoms with van der Waals surface area (Å²) in [6.07, 6.45) is -0.464. The Morgan fingerprint density at radius 3 is 2.22 bits per heavy atom. The van der Waals surface area contributed by atoms with Gasteiger partial charge in [0.2, 0.25) is 5.91 Å². The number of carbonyl (C=O) groups excluding carboxylic acids is 3. The summed E-state index contributed by atoms with van der Waals surface area (Å²) >= 11 is 0. The van der Waals surface area contributed by atoms with Gasteiger partial charge in [-0.3, -0.25) is 14.4 Å². The van der Waals surface area contributed by atoms with Crippen LogP contribution < -0.4 is 10.6 Å². The highest BCUT2D eigenvalue weighted by atomic mass is 16.5. The predicted molar refractivity (Wildman–Crippen MR) is 121 cm³/mol. The van der Waals surface area contributed by atoms with Crippen LogP contribution in [0.1, 0.15) is 61.0 Å². The first kappa shape index (κ1) is 23.5. The Balaban J connectivity index is 1.77. The average Bonchev–Trinajstić information content (AvgIpc) is 3.01. The van der Waals surface area contributed by atoms with Crippen molar-refractivity contribution in [1.82, 2.24) is 10.6 Å². The molecule has 0 radical (unpaired) electrons. The van der Waals surface area contributed by atoms with Crippen LogP contribution in [0.3, 0.4) is 0 Å². The van der Waals surface area contributed by atoms with Crippen molar-refractivity contribution in [3.05, 3.63) is 65.2 Å². The van der Waals surface area contributed by atoms with E-state index in [0.29, 0.717) is 17.0 Å². The maximum Gasteiger partial charge on any atom is 0.251 e. The van der Waals surface area contributed by atoms with Crippen molar-refractivity contribution < 1.29 is 24.2 Å². The van der Waals surface area contributed by atoms with Crippen LogP contribution in [0.15, 0.2) is 48.5 Å². The molecule has 1 saturated heterocycles. The fourth-order valence-electron chi connectivity index (χ4n) is 3.64. The Hall–Kier alpha value is -3.19. The molecule has 0 bridgehead atoms. The first-order valence-electron chi connectivity index (χ1n) is 10.8. The minimum Gasteiger partial charge on any atom is -0.508 e. The first-order valence-corrected chi connectivity index (χ1v) is 10.8. The number of rotatable bonds is 7. The molecular weight excluding hydrogens is 408 g/mol. The van der Waals surface area contributed by atoms with Crippen LogP contribution in [-0.2, 0) is 14.3 Å². The Morgan fingerprint density at radius 1 is 1.09 bits per heavy atom. The van der Waals surface area contributed by atoms with Gasteiger partial charge in [-0.15, -0.1) is 0 Å². The number of hydrogen-bond donors (Lipinski definition) is 3. The second-order valence-corrected chi connectivity index (χ2v) is 8.70. The number of phenolic OH excluding ortho intramolecular Hbond substituents is 1. The fourth-order valence-corrected chi connectivity index (χ4v) is 3.64. The van der Waals surface area contributed by atoms with Gasteiger partial charge >= 0.3 is 0 Å². The molecule has 1 fully saturated rings. The third-order valence-corrected chi connectivity index (χ3v) is 6.16. The van der Waals surface area contributed by atoms with Crippen LogP contribution >= 0.6 is 0 Å². The summed E-state index contributed by atoms with van der Waals surface area (Å²) in [7, 11) is 0. The number of phenols is 1. The third-order valence-electron chi connectivity index (χ3n) is 6.16. The third kappa shape index (κ3) is 4.99. The monoisotopic (exact) mass is 438 g/mol. The van der Waals surface area contributed by atoms with Gasteiger partial charge in [-0.2, -0.15) is 0 Å². The van der Waals surface area contributed by atoms with Gasteiger partial charge in [0.1, 0.15) is 17.9 Å². The molecule has 1 aliphatic heterocycles. The van der Waals surface area contributed by atoms with Crippen LogP contribution in [0.5, 0.6) is 5.75 Å². The Labute approximate surface area is 188 Å². The lowest BCUT2D eigenvalue weighted by atomic mass is 9.90. The molecule has 32 heavy (non-hydrogen) atoms. The highest BCUT2D eigenvalue weighted by Crippen LogP contribution is 2.25. The Bertz CT molecular complexity index is 984. The largest absolute Gasteiger partial charge is 0.508 e. The van der Waals surface area contributed by atoms with Crippen molar-refractivity contribution in [1.29, 1.82) is 0 Å². The highest BCUT2D eigenvalue weighted by Gasteiger charge is 2.47. The Kier molecular flexibility index (Phi) is 6.99. The molecule has 1 aliphatic rings. The zero-order valence-corrected chi connectivity index (χ0v) is 18.8. The minimum atomic E-state index is -1.14. The standard InChI is InChI=1S/C25H30N2O5/c1-15(2)17-5-7-19(8-6-17)23(30)26-13-21(18-9-11-20(28)12-10-18)24(31)27-25(4)16(3)32-14-22(25)29/h5-12,15-16,21,28H,13-14H2,1-4H3,(H,26,30)(H,27,31). The lowest BCUT2D eigenvalue weighted by Gasteiger charge is -2.29. The van der Waals surface area contributed by atoms with Gasteiger partial charge < -0.3 is 20.5 Å². The van der Waals surface area contributed by atoms with Crippen molar-refractivity contribution in [3.63, 3.8) is 0 Å². The van der Waals surface area contributed by atoms with Crippen LogP contribution in [0.4, 0.5) is 0 Å². The quantitative estimate of drug-likeness (QED) is 0.617. The van der Waals surface area contributed by atoms with Gasteiger partial charge in [0.15, 0.2) is 5.78 Å². The lowest BCUT2D eigenvalue weighted by Crippen LogP contribution is -2.57. The molecule has 170 valence electrons. The number of ether oxygens (including phenoxy) is 1. The summed E-state index contributed by atoms with van der Waals surface area (Å²) in [5.41, 5.74) is 1.11. The average molecular weight is 439 g/mol. The topological polar surface area (TPSA) is 105 Å². The van der Waals surface area contributed by atoms with Crippen molar-refractivity contribution in [2.45, 2.75) is 51.2 Å². The van der Waals surface area contributed by atoms with Gasteiger partial charge in [0.05, 0.1) is 12.0 Å². The fraction of sp³-hybridized carbons (Fsp3) is 0.400. The molecular formula is C25H30N2O5. The van der Waals surface area contributed by atoms with E-state index >= 15 is 0 Å². The molecule has 7 heteroatoms. The van der Waals surface area contributed by atoms with Crippen LogP contribution in [0, 0.1) is 0 Å². The second-order valence-electron chi connectivity index (χ2n) is 8.70. The number of amides is 2. The summed E-state index contributed by atoms with van der Waals surface area (Å²) in [6, 6.07) is 13.6. The van der Waals surface area contributed by atoms with Gasteiger partial charge in [-0.25, -0.2) is 0 Å². The number of nitrogens with one attached hydrogen (secondary N) is 2. The maximum atomic E-state index is 13.2. The number of hydrogen-bond acceptors (Lipinski definition) is 5. The molecule has 3 rings (SSSR count). The van der Waals surface area contributed by atoms with Crippen molar-refractivity contribution in [3.8, 4) is 5.75 Å². The molecule has 3 unspecified atom stereocenters. The van der Waals surface area contributed by atoms with Crippen LogP contribution in [-0.4, -0.2) is 47.5 Å². The van der Waals surface area contributed by atoms with E-state index in [-0.39, 0.29) is 30.6 Å². The molecule has 0 aromatic heterocycles. The van der Waals surface area contributed by atoms with E-state index in [1.807, 2.05) is 12.1 Å². The lowest BCUT2D eigenvalue weighted by molar-refractivity contribution is -0.130. The zero-order chi connectivity index (χ0) is 23.5. The maximum absolute atomic E-state index is 13.2. The smallest absolute Gasteiger partial charge is 0.251 e. The molecule has 3 N–H and O–H groups in total. The number of aromatic hydroxyl groups is 1. The van der Waals surface area contributed by atoms with Crippen molar-refractivity contribution >= 4 is 17.6 Å². The molecule has 3 atom stereocenters. The summed E-state index contributed by atoms with van der Waals surface area (Å²) in [5, 5.41) is 15.3. The number of carbonyl (C=O) groups is 3. The molecule has 0 aliphatic carbocycles. The number of ketones is 1. The van der Waals surface area contributed by atoms with E-state index in [0.717, 1.165) is 5.56 Å². The van der Waals surface area contributed by atoms with Crippen molar-refractivity contribution in [2.24, 2.45) is 0 Å². The number of Topliss-reactive ketones (excluding diaryl/α,β-unsaturated/α-hetero) is 1. The normalized spacial score (nSPS) is 21.4. The predicted octanol–water partition coefficient (Wildman–Crippen LogP) is 2.89. The van der Waals surface area contributed by atoms with E-state index in [9.17, 15) is 19.5 Å². The summed E-state index contributed by atoms with van der Waals surface area (Å²) in [5.74, 6) is -1.22. The minimum absolute atomic E-state index is 0.0287. The molecule has 0 saturated carbocycles. The highest BCUT2D eigenvalue weighted by molar-refractivity contribution is 5.98. The van der Waals surface area contributed by atoms with E-state index in [2.05, 4.69) is 24.5 Å². The van der Waals surface area contributed by atoms with Crippen molar-refractivity contribution in [2.75, 3.05) is 13.2 Å². The molecule has 1 heterocycles. The summed E-state index contributed by atoms with van der Waals surface area (Å²) < 4.78 is 5.40. The summed E-state index contributed by atoms with van der Waals surface area (Å²) in [4.78, 5) is 38.2. The summed E-state index contributed by atoms with van der Waals surface area (Å²) in [6.45, 7) is 7.53. The second kappa shape index (κ2) is 9.53. The van der Waals surface area contributed by atoms with E-state index < -0.39 is 23.5 Å². The molecule has 7 nitrogen and oxygen atoms in total. The van der Waals surface area contributed by atoms with Crippen LogP contribution in [0.25, 0.3) is 0 Å². The van der Waals surface area contributed by atoms with Gasteiger partial charge in [0, 0.05) is 12.1 Å². The first-order chi connectivity index (χ1) is 15.1. The van der Waals surface area contributed by atoms with Gasteiger partial charge in [0.25, 0.3) is 5.91 Å². The molecule has 0 spiro atoms. The van der Waals surface area contributed by atoms with Gasteiger partial charge in [-0.05, 0) is 55.2 Å². The van der Waals surface area contributed by atoms with E-state index in [4.69, 9.17) is 4.74 Å². The SMILES string of the molecule is CC(C)c1ccc(C(=O)NCC(C(=O)NC2(C)C(=O)COC2C)c2ccc(O)cc2)cc1. The molecule has 2 aromatic carbocycles.